The zero-order valence-electron chi connectivity index (χ0n) is 7.66. The van der Waals surface area contributed by atoms with Gasteiger partial charge in [0, 0.05) is 13.1 Å². The van der Waals surface area contributed by atoms with Crippen LogP contribution in [0.15, 0.2) is 23.9 Å². The van der Waals surface area contributed by atoms with Crippen molar-refractivity contribution >= 4 is 12.6 Å². The largest absolute Gasteiger partial charge is 0.374 e. The van der Waals surface area contributed by atoms with E-state index in [1.54, 1.807) is 0 Å². The van der Waals surface area contributed by atoms with Gasteiger partial charge in [0.25, 0.3) is 0 Å². The van der Waals surface area contributed by atoms with Crippen LogP contribution in [0.3, 0.4) is 0 Å². The minimum absolute atomic E-state index is 1.01. The first-order valence-electron chi connectivity index (χ1n) is 4.53. The van der Waals surface area contributed by atoms with Gasteiger partial charge in [0.1, 0.15) is 0 Å². The van der Waals surface area contributed by atoms with E-state index in [1.807, 2.05) is 0 Å². The van der Waals surface area contributed by atoms with E-state index in [-0.39, 0.29) is 0 Å². The summed E-state index contributed by atoms with van der Waals surface area (Å²) in [5.74, 6) is 1.01. The second kappa shape index (κ2) is 5.31. The average Bonchev–Trinajstić information content (AvgIpc) is 2.09. The molecule has 1 rings (SSSR count). The Kier molecular flexibility index (Phi) is 4.30. The molecule has 0 unspecified atom stereocenters. The summed E-state index contributed by atoms with van der Waals surface area (Å²) >= 11 is 4.18. The fourth-order valence-corrected chi connectivity index (χ4v) is 1.43. The summed E-state index contributed by atoms with van der Waals surface area (Å²) < 4.78 is 0. The number of hydrogen-bond donors (Lipinski definition) is 1. The Bertz CT molecular complexity index is 184. The van der Waals surface area contributed by atoms with Crippen molar-refractivity contribution in [3.63, 3.8) is 0 Å². The first-order valence-corrected chi connectivity index (χ1v) is 5.16. The molecule has 0 aromatic rings. The van der Waals surface area contributed by atoms with E-state index in [0.29, 0.717) is 0 Å². The van der Waals surface area contributed by atoms with E-state index >= 15 is 0 Å². The molecule has 0 aromatic carbocycles. The van der Waals surface area contributed by atoms with E-state index in [2.05, 4.69) is 42.8 Å². The van der Waals surface area contributed by atoms with Crippen LogP contribution in [0.2, 0.25) is 0 Å². The molecule has 0 fully saturated rings. The van der Waals surface area contributed by atoms with Crippen molar-refractivity contribution in [2.45, 2.75) is 19.8 Å². The van der Waals surface area contributed by atoms with E-state index in [1.165, 1.54) is 25.0 Å². The van der Waals surface area contributed by atoms with Crippen LogP contribution < -0.4 is 0 Å². The maximum absolute atomic E-state index is 4.18. The molecule has 0 atom stereocenters. The third kappa shape index (κ3) is 3.35. The first kappa shape index (κ1) is 9.72. The molecule has 12 heavy (non-hydrogen) atoms. The summed E-state index contributed by atoms with van der Waals surface area (Å²) in [4.78, 5) is 2.34. The number of nitrogens with zero attached hydrogens (tertiary/aromatic N) is 1. The zero-order valence-corrected chi connectivity index (χ0v) is 8.56. The van der Waals surface area contributed by atoms with Gasteiger partial charge in [0.15, 0.2) is 0 Å². The number of unbranched alkanes of at least 4 members (excludes halogenated alkanes) is 1. The molecular weight excluding hydrogens is 166 g/mol. The molecule has 0 saturated heterocycles. The summed E-state index contributed by atoms with van der Waals surface area (Å²) in [5, 5.41) is 0. The smallest absolute Gasteiger partial charge is 0.0359 e. The van der Waals surface area contributed by atoms with Gasteiger partial charge in [-0.3, -0.25) is 0 Å². The Morgan fingerprint density at radius 2 is 2.33 bits per heavy atom. The maximum atomic E-state index is 4.18. The highest BCUT2D eigenvalue weighted by molar-refractivity contribution is 7.80. The molecule has 0 aromatic heterocycles. The second-order valence-electron chi connectivity index (χ2n) is 3.19. The number of rotatable bonds is 4. The lowest BCUT2D eigenvalue weighted by molar-refractivity contribution is 0.400. The van der Waals surface area contributed by atoms with Crippen molar-refractivity contribution in [1.29, 1.82) is 0 Å². The van der Waals surface area contributed by atoms with E-state index in [0.717, 1.165) is 12.3 Å². The van der Waals surface area contributed by atoms with Crippen LogP contribution in [-0.2, 0) is 0 Å². The third-order valence-electron chi connectivity index (χ3n) is 2.05. The molecule has 1 nitrogen and oxygen atoms in total. The summed E-state index contributed by atoms with van der Waals surface area (Å²) in [5.41, 5.74) is 1.38. The van der Waals surface area contributed by atoms with Gasteiger partial charge < -0.3 is 4.90 Å². The normalized spacial score (nSPS) is 16.5. The van der Waals surface area contributed by atoms with Gasteiger partial charge in [-0.2, -0.15) is 12.6 Å². The number of thiol groups is 1. The lowest BCUT2D eigenvalue weighted by atomic mass is 10.2. The first-order chi connectivity index (χ1) is 5.83. The van der Waals surface area contributed by atoms with Crippen molar-refractivity contribution in [1.82, 2.24) is 4.90 Å². The van der Waals surface area contributed by atoms with Gasteiger partial charge in [-0.05, 0) is 37.8 Å². The van der Waals surface area contributed by atoms with E-state index in [4.69, 9.17) is 0 Å². The van der Waals surface area contributed by atoms with Gasteiger partial charge in [-0.1, -0.05) is 11.6 Å². The molecule has 0 N–H and O–H groups in total. The van der Waals surface area contributed by atoms with Crippen LogP contribution >= 0.6 is 12.6 Å². The Labute approximate surface area is 80.6 Å². The van der Waals surface area contributed by atoms with Crippen molar-refractivity contribution < 1.29 is 0 Å². The fraction of sp³-hybridized carbons (Fsp3) is 0.600. The van der Waals surface area contributed by atoms with Crippen LogP contribution in [0.25, 0.3) is 0 Å². The SMILES string of the molecule is CC1=CCN(CCCCS)C=C1. The highest BCUT2D eigenvalue weighted by atomic mass is 32.1. The van der Waals surface area contributed by atoms with Gasteiger partial charge in [0.05, 0.1) is 0 Å². The molecule has 1 aliphatic heterocycles. The quantitative estimate of drug-likeness (QED) is 0.517. The molecule has 1 aliphatic rings. The molecule has 68 valence electrons. The Morgan fingerprint density at radius 3 is 2.92 bits per heavy atom. The van der Waals surface area contributed by atoms with Gasteiger partial charge in [0.2, 0.25) is 0 Å². The van der Waals surface area contributed by atoms with E-state index in [9.17, 15) is 0 Å². The lowest BCUT2D eigenvalue weighted by Crippen LogP contribution is -2.20. The predicted molar refractivity (Wildman–Crippen MR) is 57.6 cm³/mol. The summed E-state index contributed by atoms with van der Waals surface area (Å²) in [6.45, 7) is 4.39. The van der Waals surface area contributed by atoms with Crippen LogP contribution in [0.5, 0.6) is 0 Å². The topological polar surface area (TPSA) is 3.24 Å². The maximum Gasteiger partial charge on any atom is 0.0359 e. The number of allylic oxidation sites excluding steroid dienone is 2. The second-order valence-corrected chi connectivity index (χ2v) is 3.64. The minimum Gasteiger partial charge on any atom is -0.374 e. The predicted octanol–water partition coefficient (Wildman–Crippen LogP) is 2.47. The highest BCUT2D eigenvalue weighted by Gasteiger charge is 2.00. The van der Waals surface area contributed by atoms with Crippen LogP contribution in [0.1, 0.15) is 19.8 Å². The molecule has 0 saturated carbocycles. The molecule has 2 heteroatoms. The average molecular weight is 183 g/mol. The summed E-state index contributed by atoms with van der Waals surface area (Å²) in [7, 11) is 0. The van der Waals surface area contributed by atoms with Crippen molar-refractivity contribution in [2.75, 3.05) is 18.8 Å². The molecule has 0 spiro atoms. The van der Waals surface area contributed by atoms with Crippen LogP contribution in [0, 0.1) is 0 Å². The lowest BCUT2D eigenvalue weighted by Gasteiger charge is -2.21. The van der Waals surface area contributed by atoms with Crippen LogP contribution in [0.4, 0.5) is 0 Å². The summed E-state index contributed by atoms with van der Waals surface area (Å²) in [6.07, 6.45) is 9.09. The summed E-state index contributed by atoms with van der Waals surface area (Å²) in [6, 6.07) is 0. The monoisotopic (exact) mass is 183 g/mol. The molecule has 1 heterocycles. The molecule has 0 aliphatic carbocycles. The Morgan fingerprint density at radius 1 is 1.50 bits per heavy atom. The molecule has 0 radical (unpaired) electrons. The number of hydrogen-bond acceptors (Lipinski definition) is 2. The van der Waals surface area contributed by atoms with Gasteiger partial charge in [-0.15, -0.1) is 0 Å². The van der Waals surface area contributed by atoms with Crippen LogP contribution in [-0.4, -0.2) is 23.7 Å². The highest BCUT2D eigenvalue weighted by Crippen LogP contribution is 2.06. The standard InChI is InChI=1S/C10H17NS/c1-10-4-7-11(8-5-10)6-2-3-9-12/h4-5,7,12H,2-3,6,8-9H2,1H3. The molecular formula is C10H17NS. The molecule has 0 amide bonds. The zero-order chi connectivity index (χ0) is 8.81. The van der Waals surface area contributed by atoms with Crippen molar-refractivity contribution in [3.05, 3.63) is 23.9 Å². The van der Waals surface area contributed by atoms with Gasteiger partial charge >= 0.3 is 0 Å². The van der Waals surface area contributed by atoms with Crippen molar-refractivity contribution in [3.8, 4) is 0 Å². The minimum atomic E-state index is 1.01. The third-order valence-corrected chi connectivity index (χ3v) is 2.37. The van der Waals surface area contributed by atoms with Crippen molar-refractivity contribution in [2.24, 2.45) is 0 Å². The fourth-order valence-electron chi connectivity index (χ4n) is 1.21. The van der Waals surface area contributed by atoms with Gasteiger partial charge in [-0.25, -0.2) is 0 Å². The Balaban J connectivity index is 2.16. The molecule has 0 bridgehead atoms. The Hall–Kier alpha value is -0.370. The van der Waals surface area contributed by atoms with E-state index < -0.39 is 0 Å².